The van der Waals surface area contributed by atoms with E-state index in [9.17, 15) is 0 Å². The second-order valence-corrected chi connectivity index (χ2v) is 7.96. The predicted octanol–water partition coefficient (Wildman–Crippen LogP) is 4.37. The van der Waals surface area contributed by atoms with E-state index in [1.165, 1.54) is 69.0 Å². The highest BCUT2D eigenvalue weighted by atomic mass is 15.2. The van der Waals surface area contributed by atoms with Crippen LogP contribution < -0.4 is 5.32 Å². The minimum Gasteiger partial charge on any atom is -0.311 e. The molecule has 1 aromatic heterocycles. The van der Waals surface area contributed by atoms with E-state index in [2.05, 4.69) is 39.5 Å². The Kier molecular flexibility index (Phi) is 5.63. The van der Waals surface area contributed by atoms with Gasteiger partial charge in [0, 0.05) is 37.3 Å². The third-order valence-electron chi connectivity index (χ3n) is 6.07. The molecule has 25 heavy (non-hydrogen) atoms. The van der Waals surface area contributed by atoms with E-state index in [-0.39, 0.29) is 0 Å². The summed E-state index contributed by atoms with van der Waals surface area (Å²) in [5.74, 6) is 0.957. The molecule has 1 N–H and O–H groups in total. The first kappa shape index (κ1) is 17.0. The molecular weight excluding hydrogens is 306 g/mol. The van der Waals surface area contributed by atoms with Crippen molar-refractivity contribution in [2.24, 2.45) is 5.92 Å². The monoisotopic (exact) mass is 337 g/mol. The molecule has 1 aliphatic carbocycles. The van der Waals surface area contributed by atoms with Crippen molar-refractivity contribution in [1.29, 1.82) is 0 Å². The van der Waals surface area contributed by atoms with Crippen molar-refractivity contribution in [1.82, 2.24) is 15.2 Å². The Morgan fingerprint density at radius 1 is 1.04 bits per heavy atom. The molecule has 3 nitrogen and oxygen atoms in total. The molecular formula is C22H31N3. The Morgan fingerprint density at radius 2 is 1.92 bits per heavy atom. The number of hydrogen-bond donors (Lipinski definition) is 1. The summed E-state index contributed by atoms with van der Waals surface area (Å²) in [5.41, 5.74) is 2.37. The normalized spacial score (nSPS) is 22.6. The second-order valence-electron chi connectivity index (χ2n) is 7.96. The van der Waals surface area contributed by atoms with Crippen LogP contribution in [0.15, 0.2) is 36.5 Å². The average molecular weight is 338 g/mol. The summed E-state index contributed by atoms with van der Waals surface area (Å²) in [7, 11) is 0. The van der Waals surface area contributed by atoms with Gasteiger partial charge < -0.3 is 5.32 Å². The number of nitrogens with one attached hydrogen (secondary N) is 1. The second kappa shape index (κ2) is 8.29. The maximum Gasteiger partial charge on any atom is 0.0702 e. The van der Waals surface area contributed by atoms with Gasteiger partial charge in [0.25, 0.3) is 0 Å². The summed E-state index contributed by atoms with van der Waals surface area (Å²) >= 11 is 0. The number of rotatable bonds is 6. The average Bonchev–Trinajstić information content (AvgIpc) is 3.09. The zero-order valence-corrected chi connectivity index (χ0v) is 15.3. The minimum atomic E-state index is 0.732. The van der Waals surface area contributed by atoms with Gasteiger partial charge in [-0.25, -0.2) is 0 Å². The number of fused-ring (bicyclic) bond motifs is 1. The minimum absolute atomic E-state index is 0.732. The Hall–Kier alpha value is -1.45. The van der Waals surface area contributed by atoms with Gasteiger partial charge in [0.2, 0.25) is 0 Å². The molecule has 0 spiro atoms. The summed E-state index contributed by atoms with van der Waals surface area (Å²) in [4.78, 5) is 7.34. The molecule has 2 fully saturated rings. The van der Waals surface area contributed by atoms with Crippen molar-refractivity contribution in [3.63, 3.8) is 0 Å². The van der Waals surface area contributed by atoms with E-state index in [1.807, 2.05) is 12.3 Å². The van der Waals surface area contributed by atoms with Gasteiger partial charge in [-0.05, 0) is 55.8 Å². The molecule has 0 amide bonds. The largest absolute Gasteiger partial charge is 0.311 e. The number of aromatic nitrogens is 1. The number of benzene rings is 1. The Labute approximate surface area is 151 Å². The predicted molar refractivity (Wildman–Crippen MR) is 105 cm³/mol. The van der Waals surface area contributed by atoms with Crippen LogP contribution in [-0.2, 0) is 6.54 Å². The van der Waals surface area contributed by atoms with Gasteiger partial charge in [0.05, 0.1) is 5.52 Å². The summed E-state index contributed by atoms with van der Waals surface area (Å²) in [6.45, 7) is 4.68. The lowest BCUT2D eigenvalue weighted by Gasteiger charge is -2.31. The van der Waals surface area contributed by atoms with Crippen LogP contribution in [0.5, 0.6) is 0 Å². The van der Waals surface area contributed by atoms with E-state index in [0.29, 0.717) is 0 Å². The van der Waals surface area contributed by atoms with Crippen LogP contribution in [0, 0.1) is 5.92 Å². The van der Waals surface area contributed by atoms with Crippen molar-refractivity contribution in [2.75, 3.05) is 19.6 Å². The van der Waals surface area contributed by atoms with E-state index >= 15 is 0 Å². The number of para-hydroxylation sites is 1. The molecule has 2 aliphatic rings. The number of pyridine rings is 1. The Bertz CT molecular complexity index is 678. The van der Waals surface area contributed by atoms with Crippen LogP contribution in [-0.4, -0.2) is 35.6 Å². The van der Waals surface area contributed by atoms with Gasteiger partial charge in [-0.3, -0.25) is 9.88 Å². The fourth-order valence-electron chi connectivity index (χ4n) is 4.66. The smallest absolute Gasteiger partial charge is 0.0702 e. The van der Waals surface area contributed by atoms with E-state index in [4.69, 9.17) is 0 Å². The first-order valence-corrected chi connectivity index (χ1v) is 10.2. The molecule has 1 saturated heterocycles. The molecule has 2 heterocycles. The molecule has 1 aliphatic heterocycles. The number of nitrogens with zero attached hydrogens (tertiary/aromatic N) is 2. The molecule has 0 radical (unpaired) electrons. The quantitative estimate of drug-likeness (QED) is 0.848. The summed E-state index contributed by atoms with van der Waals surface area (Å²) in [6.07, 6.45) is 12.0. The van der Waals surface area contributed by atoms with Crippen LogP contribution >= 0.6 is 0 Å². The standard InChI is InChI=1S/C22H31N3/c1-2-7-18(8-3-1)17-25-12-6-10-21(25)16-23-14-19-13-20-9-4-5-11-22(20)24-15-19/h4-5,9,11,13,15,18,21,23H,1-3,6-8,10,12,14,16-17H2/t21-/m0/s1. The Morgan fingerprint density at radius 3 is 2.84 bits per heavy atom. The van der Waals surface area contributed by atoms with Crippen molar-refractivity contribution in [2.45, 2.75) is 57.5 Å². The lowest BCUT2D eigenvalue weighted by atomic mass is 9.89. The topological polar surface area (TPSA) is 28.2 Å². The molecule has 2 aromatic rings. The van der Waals surface area contributed by atoms with E-state index < -0.39 is 0 Å². The van der Waals surface area contributed by atoms with Crippen molar-refractivity contribution < 1.29 is 0 Å². The third-order valence-corrected chi connectivity index (χ3v) is 6.07. The van der Waals surface area contributed by atoms with E-state index in [1.54, 1.807) is 0 Å². The molecule has 0 unspecified atom stereocenters. The Balaban J connectivity index is 1.27. The zero-order chi connectivity index (χ0) is 16.9. The van der Waals surface area contributed by atoms with Crippen LogP contribution in [0.4, 0.5) is 0 Å². The number of likely N-dealkylation sites (tertiary alicyclic amines) is 1. The van der Waals surface area contributed by atoms with Crippen molar-refractivity contribution in [3.05, 3.63) is 42.1 Å². The van der Waals surface area contributed by atoms with Crippen molar-refractivity contribution in [3.8, 4) is 0 Å². The molecule has 3 heteroatoms. The highest BCUT2D eigenvalue weighted by Gasteiger charge is 2.26. The van der Waals surface area contributed by atoms with Crippen LogP contribution in [0.2, 0.25) is 0 Å². The lowest BCUT2D eigenvalue weighted by molar-refractivity contribution is 0.184. The summed E-state index contributed by atoms with van der Waals surface area (Å²) in [6, 6.07) is 11.4. The van der Waals surface area contributed by atoms with Gasteiger partial charge in [0.1, 0.15) is 0 Å². The fourth-order valence-corrected chi connectivity index (χ4v) is 4.66. The highest BCUT2D eigenvalue weighted by molar-refractivity contribution is 5.78. The molecule has 134 valence electrons. The number of hydrogen-bond acceptors (Lipinski definition) is 3. The maximum absolute atomic E-state index is 4.57. The van der Waals surface area contributed by atoms with Crippen molar-refractivity contribution >= 4 is 10.9 Å². The van der Waals surface area contributed by atoms with Gasteiger partial charge >= 0.3 is 0 Å². The molecule has 0 bridgehead atoms. The van der Waals surface area contributed by atoms with E-state index in [0.717, 1.165) is 30.6 Å². The van der Waals surface area contributed by atoms with Crippen LogP contribution in [0.1, 0.15) is 50.5 Å². The van der Waals surface area contributed by atoms with Gasteiger partial charge in [0.15, 0.2) is 0 Å². The third kappa shape index (κ3) is 4.39. The SMILES string of the molecule is c1ccc2ncc(CNC[C@@H]3CCCN3CC3CCCCC3)cc2c1. The molecule has 1 atom stereocenters. The fraction of sp³-hybridized carbons (Fsp3) is 0.591. The van der Waals surface area contributed by atoms with Gasteiger partial charge in [-0.2, -0.15) is 0 Å². The summed E-state index contributed by atoms with van der Waals surface area (Å²) < 4.78 is 0. The zero-order valence-electron chi connectivity index (χ0n) is 15.3. The highest BCUT2D eigenvalue weighted by Crippen LogP contribution is 2.27. The van der Waals surface area contributed by atoms with Crippen LogP contribution in [0.25, 0.3) is 10.9 Å². The maximum atomic E-state index is 4.57. The molecule has 4 rings (SSSR count). The van der Waals surface area contributed by atoms with Crippen LogP contribution in [0.3, 0.4) is 0 Å². The molecule has 1 aromatic carbocycles. The lowest BCUT2D eigenvalue weighted by Crippen LogP contribution is -2.40. The summed E-state index contributed by atoms with van der Waals surface area (Å²) in [5, 5.41) is 4.93. The first-order valence-electron chi connectivity index (χ1n) is 10.2. The van der Waals surface area contributed by atoms with Gasteiger partial charge in [-0.15, -0.1) is 0 Å². The van der Waals surface area contributed by atoms with Gasteiger partial charge in [-0.1, -0.05) is 37.5 Å². The molecule has 1 saturated carbocycles. The first-order chi connectivity index (χ1) is 12.4.